The molecule has 8 heteroatoms. The molecule has 1 aromatic heterocycles. The minimum atomic E-state index is -0.446. The maximum Gasteiger partial charge on any atom is 0.262 e. The van der Waals surface area contributed by atoms with E-state index in [2.05, 4.69) is 5.32 Å². The zero-order chi connectivity index (χ0) is 28.1. The number of ether oxygens (including phenoxy) is 4. The second-order valence-electron chi connectivity index (χ2n) is 8.94. The lowest BCUT2D eigenvalue weighted by molar-refractivity contribution is -0.118. The van der Waals surface area contributed by atoms with Crippen LogP contribution in [-0.2, 0) is 4.79 Å². The largest absolute Gasteiger partial charge is 0.493 e. The summed E-state index contributed by atoms with van der Waals surface area (Å²) >= 11 is 0. The number of nitrogens with one attached hydrogen (secondary N) is 1. The van der Waals surface area contributed by atoms with Crippen LogP contribution < -0.4 is 29.7 Å². The third kappa shape index (κ3) is 5.76. The van der Waals surface area contributed by atoms with E-state index in [4.69, 9.17) is 23.4 Å². The van der Waals surface area contributed by atoms with Gasteiger partial charge in [0.2, 0.25) is 11.2 Å². The van der Waals surface area contributed by atoms with Crippen LogP contribution in [0.1, 0.15) is 5.56 Å². The molecule has 0 aliphatic heterocycles. The zero-order valence-corrected chi connectivity index (χ0v) is 22.2. The Morgan fingerprint density at radius 2 is 1.55 bits per heavy atom. The molecule has 1 amide bonds. The Labute approximate surface area is 230 Å². The number of para-hydroxylation sites is 1. The predicted octanol–water partition coefficient (Wildman–Crippen LogP) is 6.60. The van der Waals surface area contributed by atoms with E-state index in [1.165, 1.54) is 14.2 Å². The topological polar surface area (TPSA) is 96.2 Å². The van der Waals surface area contributed by atoms with Crippen LogP contribution in [0.5, 0.6) is 28.7 Å². The molecule has 0 aliphatic rings. The van der Waals surface area contributed by atoms with Gasteiger partial charge in [-0.25, -0.2) is 0 Å². The molecular weight excluding hydrogens is 510 g/mol. The summed E-state index contributed by atoms with van der Waals surface area (Å²) in [7, 11) is 3.05. The number of methoxy groups -OCH3 is 2. The van der Waals surface area contributed by atoms with E-state index in [1.807, 2.05) is 43.3 Å². The van der Waals surface area contributed by atoms with Crippen molar-refractivity contribution in [1.82, 2.24) is 0 Å². The van der Waals surface area contributed by atoms with E-state index < -0.39 is 12.5 Å². The highest BCUT2D eigenvalue weighted by molar-refractivity contribution is 5.92. The first-order chi connectivity index (χ1) is 19.4. The number of hydrogen-bond donors (Lipinski definition) is 1. The molecule has 0 saturated carbocycles. The maximum absolute atomic E-state index is 13.5. The van der Waals surface area contributed by atoms with Crippen LogP contribution in [0.2, 0.25) is 0 Å². The zero-order valence-electron chi connectivity index (χ0n) is 22.2. The Hall–Kier alpha value is -5.24. The molecule has 0 atom stereocenters. The first-order valence-corrected chi connectivity index (χ1v) is 12.5. The maximum atomic E-state index is 13.5. The van der Waals surface area contributed by atoms with Gasteiger partial charge in [0.1, 0.15) is 17.1 Å². The van der Waals surface area contributed by atoms with Gasteiger partial charge in [-0.3, -0.25) is 9.59 Å². The molecule has 0 fully saturated rings. The van der Waals surface area contributed by atoms with Crippen LogP contribution in [0.25, 0.3) is 22.3 Å². The molecule has 1 N–H and O–H groups in total. The monoisotopic (exact) mass is 537 g/mol. The highest BCUT2D eigenvalue weighted by Gasteiger charge is 2.20. The average Bonchev–Trinajstić information content (AvgIpc) is 2.97. The highest BCUT2D eigenvalue weighted by Crippen LogP contribution is 2.37. The van der Waals surface area contributed by atoms with E-state index in [1.54, 1.807) is 54.6 Å². The Bertz CT molecular complexity index is 1710. The fourth-order valence-corrected chi connectivity index (χ4v) is 4.15. The van der Waals surface area contributed by atoms with Crippen LogP contribution in [0.15, 0.2) is 100 Å². The van der Waals surface area contributed by atoms with Crippen molar-refractivity contribution in [2.45, 2.75) is 6.92 Å². The number of hydrogen-bond acceptors (Lipinski definition) is 7. The Balaban J connectivity index is 1.38. The molecular formula is C32H27NO7. The van der Waals surface area contributed by atoms with Gasteiger partial charge in [0.15, 0.2) is 23.9 Å². The van der Waals surface area contributed by atoms with E-state index in [0.717, 1.165) is 5.56 Å². The van der Waals surface area contributed by atoms with Gasteiger partial charge in [0.25, 0.3) is 5.91 Å². The first-order valence-electron chi connectivity index (χ1n) is 12.5. The molecule has 5 aromatic rings. The van der Waals surface area contributed by atoms with Gasteiger partial charge in [-0.15, -0.1) is 0 Å². The van der Waals surface area contributed by atoms with Gasteiger partial charge >= 0.3 is 0 Å². The number of anilines is 1. The summed E-state index contributed by atoms with van der Waals surface area (Å²) in [6, 6.07) is 26.7. The molecule has 8 nitrogen and oxygen atoms in total. The van der Waals surface area contributed by atoms with Crippen LogP contribution in [0.3, 0.4) is 0 Å². The number of carbonyl (C=O) groups is 1. The normalized spacial score (nSPS) is 10.7. The molecule has 4 aromatic carbocycles. The summed E-state index contributed by atoms with van der Waals surface area (Å²) in [5.74, 6) is 1.97. The second-order valence-corrected chi connectivity index (χ2v) is 8.94. The Morgan fingerprint density at radius 3 is 2.27 bits per heavy atom. The van der Waals surface area contributed by atoms with Crippen molar-refractivity contribution in [2.75, 3.05) is 26.1 Å². The summed E-state index contributed by atoms with van der Waals surface area (Å²) in [4.78, 5) is 26.3. The lowest BCUT2D eigenvalue weighted by Crippen LogP contribution is -2.22. The molecule has 0 saturated heterocycles. The number of benzene rings is 4. The fraction of sp³-hybridized carbons (Fsp3) is 0.125. The molecule has 0 bridgehead atoms. The minimum Gasteiger partial charge on any atom is -0.493 e. The van der Waals surface area contributed by atoms with Crippen molar-refractivity contribution < 1.29 is 28.2 Å². The molecule has 40 heavy (non-hydrogen) atoms. The molecule has 0 aliphatic carbocycles. The number of amides is 1. The predicted molar refractivity (Wildman–Crippen MR) is 153 cm³/mol. The third-order valence-corrected chi connectivity index (χ3v) is 6.12. The minimum absolute atomic E-state index is 0.0784. The number of rotatable bonds is 9. The average molecular weight is 538 g/mol. The third-order valence-electron chi connectivity index (χ3n) is 6.12. The molecule has 5 rings (SSSR count). The van der Waals surface area contributed by atoms with Crippen molar-refractivity contribution in [3.05, 3.63) is 107 Å². The van der Waals surface area contributed by atoms with Crippen LogP contribution in [-0.4, -0.2) is 26.7 Å². The summed E-state index contributed by atoms with van der Waals surface area (Å²) in [5, 5.41) is 3.12. The lowest BCUT2D eigenvalue weighted by atomic mass is 10.1. The van der Waals surface area contributed by atoms with Gasteiger partial charge in [0, 0.05) is 11.3 Å². The smallest absolute Gasteiger partial charge is 0.262 e. The van der Waals surface area contributed by atoms with E-state index in [9.17, 15) is 9.59 Å². The van der Waals surface area contributed by atoms with Crippen molar-refractivity contribution in [2.24, 2.45) is 0 Å². The van der Waals surface area contributed by atoms with Crippen LogP contribution in [0, 0.1) is 6.92 Å². The lowest BCUT2D eigenvalue weighted by Gasteiger charge is -2.14. The highest BCUT2D eigenvalue weighted by atomic mass is 16.5. The first kappa shape index (κ1) is 26.4. The van der Waals surface area contributed by atoms with Crippen LogP contribution in [0.4, 0.5) is 5.69 Å². The molecule has 1 heterocycles. The molecule has 0 unspecified atom stereocenters. The van der Waals surface area contributed by atoms with Crippen molar-refractivity contribution in [3.63, 3.8) is 0 Å². The quantitative estimate of drug-likeness (QED) is 0.226. The van der Waals surface area contributed by atoms with Crippen molar-refractivity contribution in [1.29, 1.82) is 0 Å². The summed E-state index contributed by atoms with van der Waals surface area (Å²) < 4.78 is 28.5. The number of carbonyl (C=O) groups excluding carboxylic acids is 1. The van der Waals surface area contributed by atoms with E-state index in [0.29, 0.717) is 45.2 Å². The van der Waals surface area contributed by atoms with Crippen LogP contribution >= 0.6 is 0 Å². The van der Waals surface area contributed by atoms with E-state index >= 15 is 0 Å². The fourth-order valence-electron chi connectivity index (χ4n) is 4.15. The van der Waals surface area contributed by atoms with Crippen molar-refractivity contribution in [3.8, 4) is 40.1 Å². The standard InChI is InChI=1S/C32H27NO7/c1-20-9-15-25-27(17-20)40-31(21-10-16-26(36-2)28(18-21)37-3)32(30(25)35)38-19-29(34)33-22-11-13-24(14-12-22)39-23-7-5-4-6-8-23/h4-18H,19H2,1-3H3,(H,33,34). The summed E-state index contributed by atoms with van der Waals surface area (Å²) in [6.07, 6.45) is 0. The van der Waals surface area contributed by atoms with Gasteiger partial charge in [-0.2, -0.15) is 0 Å². The molecule has 0 radical (unpaired) electrons. The Kier molecular flexibility index (Phi) is 7.68. The summed E-state index contributed by atoms with van der Waals surface area (Å²) in [5.41, 5.74) is 2.03. The van der Waals surface area contributed by atoms with Gasteiger partial charge in [-0.1, -0.05) is 24.3 Å². The summed E-state index contributed by atoms with van der Waals surface area (Å²) in [6.45, 7) is 1.50. The van der Waals surface area contributed by atoms with Gasteiger partial charge in [-0.05, 0) is 79.2 Å². The Morgan fingerprint density at radius 1 is 0.825 bits per heavy atom. The molecule has 202 valence electrons. The number of fused-ring (bicyclic) bond motifs is 1. The SMILES string of the molecule is COc1ccc(-c2oc3cc(C)ccc3c(=O)c2OCC(=O)Nc2ccc(Oc3ccccc3)cc2)cc1OC. The number of aryl methyl sites for hydroxylation is 1. The second kappa shape index (κ2) is 11.7. The van der Waals surface area contributed by atoms with Gasteiger partial charge in [0.05, 0.1) is 19.6 Å². The molecule has 0 spiro atoms. The van der Waals surface area contributed by atoms with E-state index in [-0.39, 0.29) is 16.9 Å². The van der Waals surface area contributed by atoms with Gasteiger partial charge < -0.3 is 28.7 Å². The van der Waals surface area contributed by atoms with Crippen molar-refractivity contribution >= 4 is 22.6 Å².